The van der Waals surface area contributed by atoms with Crippen LogP contribution in [-0.2, 0) is 16.9 Å². The molecule has 0 saturated heterocycles. The van der Waals surface area contributed by atoms with Crippen molar-refractivity contribution in [3.05, 3.63) is 81.0 Å². The van der Waals surface area contributed by atoms with Gasteiger partial charge in [0.1, 0.15) is 5.75 Å². The highest BCUT2D eigenvalue weighted by Crippen LogP contribution is 2.45. The van der Waals surface area contributed by atoms with Gasteiger partial charge >= 0.3 is 0 Å². The fourth-order valence-electron chi connectivity index (χ4n) is 3.52. The lowest BCUT2D eigenvalue weighted by Crippen LogP contribution is -2.41. The molecule has 1 N–H and O–H groups in total. The SMILES string of the molecule is COc1ccc(C(=O)CC2(O)C(=O)N(Cc3cccs3)c3ccc(Cl)cc32)cc1. The Balaban J connectivity index is 1.68. The van der Waals surface area contributed by atoms with E-state index in [-0.39, 0.29) is 12.2 Å². The van der Waals surface area contributed by atoms with Gasteiger partial charge in [0.05, 0.1) is 25.8 Å². The predicted molar refractivity (Wildman–Crippen MR) is 113 cm³/mol. The fraction of sp³-hybridized carbons (Fsp3) is 0.182. The third kappa shape index (κ3) is 3.55. The average Bonchev–Trinajstić information content (AvgIpc) is 3.30. The van der Waals surface area contributed by atoms with E-state index in [1.165, 1.54) is 16.2 Å². The zero-order chi connectivity index (χ0) is 20.6. The van der Waals surface area contributed by atoms with E-state index in [0.29, 0.717) is 34.1 Å². The zero-order valence-corrected chi connectivity index (χ0v) is 17.2. The number of hydrogen-bond acceptors (Lipinski definition) is 5. The molecule has 1 aromatic heterocycles. The number of nitrogens with zero attached hydrogens (tertiary/aromatic N) is 1. The molecular weight excluding hydrogens is 410 g/mol. The minimum Gasteiger partial charge on any atom is -0.497 e. The van der Waals surface area contributed by atoms with Gasteiger partial charge in [0.15, 0.2) is 11.4 Å². The topological polar surface area (TPSA) is 66.8 Å². The van der Waals surface area contributed by atoms with Gasteiger partial charge in [0.2, 0.25) is 0 Å². The van der Waals surface area contributed by atoms with Crippen molar-refractivity contribution in [2.75, 3.05) is 12.0 Å². The van der Waals surface area contributed by atoms with Gasteiger partial charge in [-0.3, -0.25) is 9.59 Å². The number of fused-ring (bicyclic) bond motifs is 1. The Morgan fingerprint density at radius 2 is 1.97 bits per heavy atom. The molecule has 1 amide bonds. The molecule has 1 aliphatic rings. The number of methoxy groups -OCH3 is 1. The van der Waals surface area contributed by atoms with Crippen molar-refractivity contribution in [3.8, 4) is 5.75 Å². The number of halogens is 1. The molecule has 1 unspecified atom stereocenters. The second-order valence-electron chi connectivity index (χ2n) is 6.82. The molecule has 2 aromatic carbocycles. The Labute approximate surface area is 177 Å². The molecule has 3 aromatic rings. The number of ketones is 1. The van der Waals surface area contributed by atoms with Gasteiger partial charge in [-0.1, -0.05) is 17.7 Å². The number of Topliss-reactive ketones (excluding diaryl/α,β-unsaturated/α-hetero) is 1. The van der Waals surface area contributed by atoms with Crippen LogP contribution < -0.4 is 9.64 Å². The van der Waals surface area contributed by atoms with Crippen molar-refractivity contribution in [2.45, 2.75) is 18.6 Å². The summed E-state index contributed by atoms with van der Waals surface area (Å²) < 4.78 is 5.11. The molecule has 148 valence electrons. The largest absolute Gasteiger partial charge is 0.497 e. The highest BCUT2D eigenvalue weighted by molar-refractivity contribution is 7.09. The van der Waals surface area contributed by atoms with E-state index in [4.69, 9.17) is 16.3 Å². The van der Waals surface area contributed by atoms with E-state index in [2.05, 4.69) is 0 Å². The summed E-state index contributed by atoms with van der Waals surface area (Å²) in [5.41, 5.74) is -0.646. The number of rotatable bonds is 6. The van der Waals surface area contributed by atoms with E-state index < -0.39 is 11.5 Å². The van der Waals surface area contributed by atoms with Crippen molar-refractivity contribution in [1.29, 1.82) is 0 Å². The molecule has 0 spiro atoms. The van der Waals surface area contributed by atoms with Gasteiger partial charge in [0, 0.05) is 21.0 Å². The standard InChI is InChI=1S/C22H18ClNO4S/c1-28-16-7-4-14(5-8-16)20(25)12-22(27)18-11-15(23)6-9-19(18)24(21(22)26)13-17-3-2-10-29-17/h2-11,27H,12-13H2,1H3. The first-order valence-electron chi connectivity index (χ1n) is 8.96. The molecule has 1 atom stereocenters. The third-order valence-corrected chi connectivity index (χ3v) is 6.11. The Morgan fingerprint density at radius 3 is 2.62 bits per heavy atom. The van der Waals surface area contributed by atoms with Gasteiger partial charge in [-0.2, -0.15) is 0 Å². The first-order valence-corrected chi connectivity index (χ1v) is 10.2. The van der Waals surface area contributed by atoms with Crippen molar-refractivity contribution >= 4 is 40.3 Å². The fourth-order valence-corrected chi connectivity index (χ4v) is 4.39. The van der Waals surface area contributed by atoms with Gasteiger partial charge in [0.25, 0.3) is 5.91 Å². The number of amides is 1. The summed E-state index contributed by atoms with van der Waals surface area (Å²) in [5, 5.41) is 13.7. The summed E-state index contributed by atoms with van der Waals surface area (Å²) in [6, 6.07) is 15.3. The first-order chi connectivity index (χ1) is 13.9. The van der Waals surface area contributed by atoms with Crippen LogP contribution >= 0.6 is 22.9 Å². The Morgan fingerprint density at radius 1 is 1.21 bits per heavy atom. The van der Waals surface area contributed by atoms with Crippen LogP contribution in [0.2, 0.25) is 5.02 Å². The molecule has 29 heavy (non-hydrogen) atoms. The van der Waals surface area contributed by atoms with Crippen molar-refractivity contribution in [2.24, 2.45) is 0 Å². The summed E-state index contributed by atoms with van der Waals surface area (Å²) in [7, 11) is 1.54. The maximum atomic E-state index is 13.3. The molecule has 0 bridgehead atoms. The summed E-state index contributed by atoms with van der Waals surface area (Å²) >= 11 is 7.66. The smallest absolute Gasteiger partial charge is 0.264 e. The summed E-state index contributed by atoms with van der Waals surface area (Å²) in [5.74, 6) is -0.242. The summed E-state index contributed by atoms with van der Waals surface area (Å²) in [4.78, 5) is 28.6. The predicted octanol–water partition coefficient (Wildman–Crippen LogP) is 4.42. The lowest BCUT2D eigenvalue weighted by Gasteiger charge is -2.22. The van der Waals surface area contributed by atoms with Crippen LogP contribution in [0, 0.1) is 0 Å². The van der Waals surface area contributed by atoms with Gasteiger partial charge in [-0.05, 0) is 53.9 Å². The van der Waals surface area contributed by atoms with Crippen molar-refractivity contribution in [1.82, 2.24) is 0 Å². The monoisotopic (exact) mass is 427 g/mol. The Bertz CT molecular complexity index is 1060. The molecule has 0 aliphatic carbocycles. The molecule has 0 radical (unpaired) electrons. The highest BCUT2D eigenvalue weighted by Gasteiger charge is 2.51. The number of hydrogen-bond donors (Lipinski definition) is 1. The summed E-state index contributed by atoms with van der Waals surface area (Å²) in [6.45, 7) is 0.324. The molecule has 0 fully saturated rings. The molecule has 4 rings (SSSR count). The zero-order valence-electron chi connectivity index (χ0n) is 15.6. The highest BCUT2D eigenvalue weighted by atomic mass is 35.5. The Kier molecular flexibility index (Phi) is 5.17. The molecule has 7 heteroatoms. The van der Waals surface area contributed by atoms with E-state index in [1.54, 1.807) is 49.6 Å². The second-order valence-corrected chi connectivity index (χ2v) is 8.29. The van der Waals surface area contributed by atoms with Crippen LogP contribution in [0.4, 0.5) is 5.69 Å². The van der Waals surface area contributed by atoms with E-state index in [0.717, 1.165) is 4.88 Å². The van der Waals surface area contributed by atoms with Gasteiger partial charge < -0.3 is 14.7 Å². The first kappa shape index (κ1) is 19.6. The number of thiophene rings is 1. The van der Waals surface area contributed by atoms with E-state index in [9.17, 15) is 14.7 Å². The van der Waals surface area contributed by atoms with E-state index >= 15 is 0 Å². The lowest BCUT2D eigenvalue weighted by molar-refractivity contribution is -0.136. The van der Waals surface area contributed by atoms with Gasteiger partial charge in [-0.15, -0.1) is 11.3 Å². The van der Waals surface area contributed by atoms with Crippen LogP contribution in [0.1, 0.15) is 27.2 Å². The van der Waals surface area contributed by atoms with Crippen LogP contribution in [-0.4, -0.2) is 23.9 Å². The quantitative estimate of drug-likeness (QED) is 0.591. The van der Waals surface area contributed by atoms with Crippen molar-refractivity contribution < 1.29 is 19.4 Å². The minimum absolute atomic E-state index is 0.324. The molecular formula is C22H18ClNO4S. The average molecular weight is 428 g/mol. The van der Waals surface area contributed by atoms with Crippen LogP contribution in [0.3, 0.4) is 0 Å². The Hall–Kier alpha value is -2.67. The van der Waals surface area contributed by atoms with Crippen molar-refractivity contribution in [3.63, 3.8) is 0 Å². The number of anilines is 1. The number of ether oxygens (including phenoxy) is 1. The number of benzene rings is 2. The number of carbonyl (C=O) groups is 2. The third-order valence-electron chi connectivity index (χ3n) is 5.02. The maximum absolute atomic E-state index is 13.3. The molecule has 0 saturated carbocycles. The minimum atomic E-state index is -1.96. The summed E-state index contributed by atoms with van der Waals surface area (Å²) in [6.07, 6.45) is -0.369. The van der Waals surface area contributed by atoms with E-state index in [1.807, 2.05) is 17.5 Å². The number of aliphatic hydroxyl groups is 1. The lowest BCUT2D eigenvalue weighted by atomic mass is 9.88. The number of carbonyl (C=O) groups excluding carboxylic acids is 2. The van der Waals surface area contributed by atoms with Crippen LogP contribution in [0.25, 0.3) is 0 Å². The van der Waals surface area contributed by atoms with Crippen LogP contribution in [0.5, 0.6) is 5.75 Å². The molecule has 5 nitrogen and oxygen atoms in total. The maximum Gasteiger partial charge on any atom is 0.264 e. The molecule has 2 heterocycles. The molecule has 1 aliphatic heterocycles. The normalized spacial score (nSPS) is 18.0. The second kappa shape index (κ2) is 7.63. The van der Waals surface area contributed by atoms with Crippen LogP contribution in [0.15, 0.2) is 60.0 Å². The van der Waals surface area contributed by atoms with Gasteiger partial charge in [-0.25, -0.2) is 0 Å².